The summed E-state index contributed by atoms with van der Waals surface area (Å²) in [7, 11) is 2.18. The smallest absolute Gasteiger partial charge is 0.0934 e. The molecule has 4 rings (SSSR count). The fraction of sp³-hybridized carbons (Fsp3) is 0.400. The lowest BCUT2D eigenvalue weighted by molar-refractivity contribution is 0.299. The fourth-order valence-electron chi connectivity index (χ4n) is 3.12. The van der Waals surface area contributed by atoms with Gasteiger partial charge in [0, 0.05) is 23.9 Å². The monoisotopic (exact) mass is 345 g/mol. The quantitative estimate of drug-likeness (QED) is 0.615. The highest BCUT2D eigenvalue weighted by Crippen LogP contribution is 2.40. The van der Waals surface area contributed by atoms with Crippen LogP contribution in [-0.4, -0.2) is 18.5 Å². The van der Waals surface area contributed by atoms with Gasteiger partial charge in [0.15, 0.2) is 0 Å². The summed E-state index contributed by atoms with van der Waals surface area (Å²) >= 11 is 7.91. The molecule has 3 heteroatoms. The summed E-state index contributed by atoms with van der Waals surface area (Å²) in [5, 5.41) is 0. The number of aryl methyl sites for hydroxylation is 1. The second kappa shape index (κ2) is 7.21. The molecule has 1 aromatic carbocycles. The van der Waals surface area contributed by atoms with Crippen LogP contribution in [0.15, 0.2) is 43.0 Å². The van der Waals surface area contributed by atoms with Gasteiger partial charge in [-0.05, 0) is 55.5 Å². The first-order chi connectivity index (χ1) is 11.1. The van der Waals surface area contributed by atoms with Crippen LogP contribution in [0.3, 0.4) is 0 Å². The minimum Gasteiger partial charge on any atom is -0.300 e. The van der Waals surface area contributed by atoms with Crippen LogP contribution in [-0.2, 0) is 6.54 Å². The number of fused-ring (bicyclic) bond motifs is 1. The third kappa shape index (κ3) is 4.06. The largest absolute Gasteiger partial charge is 0.300 e. The lowest BCUT2D eigenvalue weighted by Crippen LogP contribution is -2.30. The highest BCUT2D eigenvalue weighted by Gasteiger charge is 2.27. The Morgan fingerprint density at radius 1 is 1.26 bits per heavy atom. The number of hydrogen-bond acceptors (Lipinski definition) is 2. The van der Waals surface area contributed by atoms with E-state index in [0.717, 1.165) is 23.3 Å². The highest BCUT2D eigenvalue weighted by atomic mass is 35.5. The van der Waals surface area contributed by atoms with Crippen LogP contribution in [0.1, 0.15) is 40.3 Å². The molecule has 1 nitrogen and oxygen atoms in total. The highest BCUT2D eigenvalue weighted by molar-refractivity contribution is 7.16. The summed E-state index contributed by atoms with van der Waals surface area (Å²) in [4.78, 5) is 3.80. The van der Waals surface area contributed by atoms with Crippen molar-refractivity contribution in [3.8, 4) is 0 Å². The molecule has 2 aliphatic rings. The molecule has 1 aliphatic heterocycles. The van der Waals surface area contributed by atoms with Crippen molar-refractivity contribution in [3.63, 3.8) is 0 Å². The van der Waals surface area contributed by atoms with Gasteiger partial charge in [0.1, 0.15) is 0 Å². The zero-order valence-electron chi connectivity index (χ0n) is 13.9. The third-order valence-electron chi connectivity index (χ3n) is 4.61. The Kier molecular flexibility index (Phi) is 5.25. The molecule has 1 fully saturated rings. The molecule has 2 aromatic rings. The van der Waals surface area contributed by atoms with Crippen LogP contribution in [0.2, 0.25) is 4.34 Å². The van der Waals surface area contributed by atoms with Crippen molar-refractivity contribution in [1.29, 1.82) is 0 Å². The first-order valence-corrected chi connectivity index (χ1v) is 9.42. The van der Waals surface area contributed by atoms with E-state index in [9.17, 15) is 0 Å². The third-order valence-corrected chi connectivity index (χ3v) is 5.88. The summed E-state index contributed by atoms with van der Waals surface area (Å²) in [5.41, 5.74) is 4.23. The molecule has 1 saturated carbocycles. The summed E-state index contributed by atoms with van der Waals surface area (Å²) in [6.45, 7) is 7.91. The Hall–Kier alpha value is -1.09. The van der Waals surface area contributed by atoms with Crippen LogP contribution in [0.25, 0.3) is 0 Å². The maximum absolute atomic E-state index is 6.19. The zero-order chi connectivity index (χ0) is 16.4. The molecule has 1 aliphatic carbocycles. The molecule has 1 atom stereocenters. The summed E-state index contributed by atoms with van der Waals surface area (Å²) in [6.07, 6.45) is 4.81. The van der Waals surface area contributed by atoms with Crippen molar-refractivity contribution in [1.82, 2.24) is 4.90 Å². The van der Waals surface area contributed by atoms with Crippen molar-refractivity contribution < 1.29 is 0 Å². The van der Waals surface area contributed by atoms with Gasteiger partial charge in [-0.1, -0.05) is 41.9 Å². The van der Waals surface area contributed by atoms with Gasteiger partial charge in [-0.3, -0.25) is 0 Å². The molecule has 0 radical (unpaired) electrons. The topological polar surface area (TPSA) is 3.24 Å². The van der Waals surface area contributed by atoms with Crippen LogP contribution in [0.5, 0.6) is 0 Å². The van der Waals surface area contributed by atoms with Crippen molar-refractivity contribution >= 4 is 22.9 Å². The SMILES string of the molecule is C=CC1CC1.Cc1ccccc1C1CN(C)Cc2sc(Cl)cc21. The predicted octanol–water partition coefficient (Wildman–Crippen LogP) is 5.87. The molecule has 1 aromatic heterocycles. The van der Waals surface area contributed by atoms with Gasteiger partial charge in [-0.25, -0.2) is 0 Å². The number of halogens is 1. The van der Waals surface area contributed by atoms with Gasteiger partial charge >= 0.3 is 0 Å². The van der Waals surface area contributed by atoms with E-state index in [1.165, 1.54) is 34.4 Å². The minimum absolute atomic E-state index is 0.462. The van der Waals surface area contributed by atoms with Gasteiger partial charge < -0.3 is 4.90 Å². The molecule has 0 bridgehead atoms. The van der Waals surface area contributed by atoms with E-state index < -0.39 is 0 Å². The van der Waals surface area contributed by atoms with Gasteiger partial charge in [0.25, 0.3) is 0 Å². The number of allylic oxidation sites excluding steroid dienone is 1. The number of hydrogen-bond donors (Lipinski definition) is 0. The van der Waals surface area contributed by atoms with E-state index in [1.807, 2.05) is 6.08 Å². The Morgan fingerprint density at radius 2 is 2.00 bits per heavy atom. The molecular weight excluding hydrogens is 322 g/mol. The summed E-state index contributed by atoms with van der Waals surface area (Å²) < 4.78 is 0.911. The second-order valence-electron chi connectivity index (χ2n) is 6.61. The normalized spacial score (nSPS) is 20.4. The number of benzene rings is 1. The molecule has 0 spiro atoms. The Morgan fingerprint density at radius 3 is 2.61 bits per heavy atom. The van der Waals surface area contributed by atoms with Crippen LogP contribution in [0.4, 0.5) is 0 Å². The first-order valence-electron chi connectivity index (χ1n) is 8.23. The Balaban J connectivity index is 0.000000267. The van der Waals surface area contributed by atoms with Crippen molar-refractivity contribution in [3.05, 3.63) is 68.9 Å². The molecule has 122 valence electrons. The second-order valence-corrected chi connectivity index (χ2v) is 8.38. The van der Waals surface area contributed by atoms with Crippen LogP contribution >= 0.6 is 22.9 Å². The fourth-order valence-corrected chi connectivity index (χ4v) is 4.54. The lowest BCUT2D eigenvalue weighted by Gasteiger charge is -2.31. The molecule has 2 heterocycles. The zero-order valence-corrected chi connectivity index (χ0v) is 15.5. The van der Waals surface area contributed by atoms with E-state index >= 15 is 0 Å². The summed E-state index contributed by atoms with van der Waals surface area (Å²) in [5.74, 6) is 1.36. The Bertz CT molecular complexity index is 687. The standard InChI is InChI=1S/C15H16ClNS.C5H8/c1-10-5-3-4-6-11(10)13-8-17(2)9-14-12(13)7-15(16)18-14;1-2-5-3-4-5/h3-7,13H,8-9H2,1-2H3;2,5H,1,3-4H2. The lowest BCUT2D eigenvalue weighted by atomic mass is 9.86. The molecule has 0 amide bonds. The van der Waals surface area contributed by atoms with Gasteiger partial charge in [-0.2, -0.15) is 0 Å². The number of likely N-dealkylation sites (N-methyl/N-ethyl adjacent to an activating group) is 1. The minimum atomic E-state index is 0.462. The van der Waals surface area contributed by atoms with Gasteiger partial charge in [0.2, 0.25) is 0 Å². The first kappa shape index (κ1) is 16.8. The average Bonchev–Trinajstić information content (AvgIpc) is 3.29. The molecule has 1 unspecified atom stereocenters. The number of nitrogens with zero attached hydrogens (tertiary/aromatic N) is 1. The molecule has 0 N–H and O–H groups in total. The average molecular weight is 346 g/mol. The summed E-state index contributed by atoms with van der Waals surface area (Å²) in [6, 6.07) is 10.8. The molecule has 0 saturated heterocycles. The van der Waals surface area contributed by atoms with Crippen molar-refractivity contribution in [2.45, 2.75) is 32.2 Å². The van der Waals surface area contributed by atoms with E-state index in [0.29, 0.717) is 5.92 Å². The van der Waals surface area contributed by atoms with Crippen LogP contribution in [0, 0.1) is 12.8 Å². The van der Waals surface area contributed by atoms with Crippen molar-refractivity contribution in [2.75, 3.05) is 13.6 Å². The van der Waals surface area contributed by atoms with Gasteiger partial charge in [0.05, 0.1) is 4.34 Å². The number of thiophene rings is 1. The molecular formula is C20H24ClNS. The van der Waals surface area contributed by atoms with E-state index in [2.05, 4.69) is 55.8 Å². The van der Waals surface area contributed by atoms with E-state index in [1.54, 1.807) is 11.3 Å². The number of rotatable bonds is 2. The Labute approximate surface area is 148 Å². The van der Waals surface area contributed by atoms with E-state index in [-0.39, 0.29) is 0 Å². The van der Waals surface area contributed by atoms with E-state index in [4.69, 9.17) is 11.6 Å². The predicted molar refractivity (Wildman–Crippen MR) is 102 cm³/mol. The maximum atomic E-state index is 6.19. The molecule has 23 heavy (non-hydrogen) atoms. The maximum Gasteiger partial charge on any atom is 0.0934 e. The van der Waals surface area contributed by atoms with Crippen molar-refractivity contribution in [2.24, 2.45) is 5.92 Å². The van der Waals surface area contributed by atoms with Gasteiger partial charge in [-0.15, -0.1) is 17.9 Å². The van der Waals surface area contributed by atoms with Crippen LogP contribution < -0.4 is 0 Å².